The van der Waals surface area contributed by atoms with Crippen LogP contribution in [0.2, 0.25) is 0 Å². The molecule has 1 atom stereocenters. The molecule has 1 unspecified atom stereocenters. The van der Waals surface area contributed by atoms with Crippen molar-refractivity contribution in [2.75, 3.05) is 4.90 Å². The van der Waals surface area contributed by atoms with Gasteiger partial charge in [-0.15, -0.1) is 0 Å². The Hall–Kier alpha value is -8.93. The van der Waals surface area contributed by atoms with Gasteiger partial charge < -0.3 is 4.42 Å². The Morgan fingerprint density at radius 1 is 0.458 bits per heavy atom. The molecule has 0 amide bonds. The van der Waals surface area contributed by atoms with E-state index < -0.39 is 5.41 Å². The van der Waals surface area contributed by atoms with Gasteiger partial charge in [0.15, 0.2) is 11.6 Å². The van der Waals surface area contributed by atoms with Crippen molar-refractivity contribution < 1.29 is 4.42 Å². The molecule has 0 saturated carbocycles. The van der Waals surface area contributed by atoms with Gasteiger partial charge in [-0.05, 0) is 116 Å². The van der Waals surface area contributed by atoms with E-state index in [4.69, 9.17) is 19.4 Å². The molecule has 0 radical (unpaired) electrons. The van der Waals surface area contributed by atoms with Crippen LogP contribution in [0.4, 0.5) is 17.3 Å². The third-order valence-corrected chi connectivity index (χ3v) is 16.1. The van der Waals surface area contributed by atoms with Crippen molar-refractivity contribution in [1.29, 1.82) is 0 Å². The number of para-hydroxylation sites is 1. The predicted octanol–water partition coefficient (Wildman–Crippen LogP) is 17.0. The fraction of sp³-hybridized carbons (Fsp3) is 0.0896. The molecule has 0 aliphatic heterocycles. The highest BCUT2D eigenvalue weighted by Crippen LogP contribution is 2.65. The zero-order chi connectivity index (χ0) is 47.7. The van der Waals surface area contributed by atoms with E-state index in [-0.39, 0.29) is 5.41 Å². The van der Waals surface area contributed by atoms with E-state index in [9.17, 15) is 0 Å². The van der Waals surface area contributed by atoms with Crippen LogP contribution < -0.4 is 4.90 Å². The third kappa shape index (κ3) is 5.62. The van der Waals surface area contributed by atoms with Crippen LogP contribution in [0.15, 0.2) is 228 Å². The molecule has 5 nitrogen and oxygen atoms in total. The second-order valence-corrected chi connectivity index (χ2v) is 20.1. The van der Waals surface area contributed by atoms with E-state index in [2.05, 4.69) is 213 Å². The Labute approximate surface area is 418 Å². The topological polar surface area (TPSA) is 55.1 Å². The van der Waals surface area contributed by atoms with E-state index in [1.54, 1.807) is 0 Å². The van der Waals surface area contributed by atoms with Crippen LogP contribution >= 0.6 is 0 Å². The van der Waals surface area contributed by atoms with Gasteiger partial charge >= 0.3 is 0 Å². The average Bonchev–Trinajstić information content (AvgIpc) is 4.14. The van der Waals surface area contributed by atoms with Crippen LogP contribution in [-0.4, -0.2) is 15.0 Å². The van der Waals surface area contributed by atoms with Crippen molar-refractivity contribution in [1.82, 2.24) is 15.0 Å². The summed E-state index contributed by atoms with van der Waals surface area (Å²) in [4.78, 5) is 19.3. The van der Waals surface area contributed by atoms with Crippen LogP contribution in [0, 0.1) is 0 Å². The molecule has 2 heterocycles. The summed E-state index contributed by atoms with van der Waals surface area (Å²) in [6.45, 7) is 4.64. The molecule has 0 bridgehead atoms. The van der Waals surface area contributed by atoms with Gasteiger partial charge in [-0.25, -0.2) is 4.98 Å². The standard InChI is InChI=1S/C67H46N4O/c1-66(2)51-28-11-8-23-46(51)60-49(26-16-32-55(60)66)63-68-64(50-27-17-36-59-61(50)48-25-10-15-35-58(48)72-59)70-65(69-63)71(43-39-37-42(38-40-43)41-19-4-3-5-20-41)57-34-18-33-56-62(57)47-24-9-14-31-54(47)67(56)52-29-12-6-21-44(52)45-22-7-13-30-53(45)67/h3-6,8-21,23-40H,7,22H2,1-2H3. The number of rotatable bonds is 6. The molecular weight excluding hydrogens is 877 g/mol. The molecular formula is C67H46N4O. The van der Waals surface area contributed by atoms with E-state index >= 15 is 0 Å². The monoisotopic (exact) mass is 922 g/mol. The molecule has 2 aromatic heterocycles. The fourth-order valence-corrected chi connectivity index (χ4v) is 13.0. The molecule has 340 valence electrons. The van der Waals surface area contributed by atoms with Gasteiger partial charge in [0.05, 0.1) is 11.1 Å². The summed E-state index contributed by atoms with van der Waals surface area (Å²) >= 11 is 0. The lowest BCUT2D eigenvalue weighted by molar-refractivity contribution is 0.660. The van der Waals surface area contributed by atoms with Crippen molar-refractivity contribution in [3.63, 3.8) is 0 Å². The minimum absolute atomic E-state index is 0.218. The van der Waals surface area contributed by atoms with Crippen LogP contribution in [0.25, 0.3) is 83.7 Å². The highest BCUT2D eigenvalue weighted by molar-refractivity contribution is 6.12. The number of hydrogen-bond donors (Lipinski definition) is 0. The first-order chi connectivity index (χ1) is 35.5. The summed E-state index contributed by atoms with van der Waals surface area (Å²) in [5.74, 6) is 1.69. The lowest BCUT2D eigenvalue weighted by Gasteiger charge is -2.33. The number of aromatic nitrogens is 3. The Morgan fingerprint density at radius 2 is 1.04 bits per heavy atom. The first-order valence-electron chi connectivity index (χ1n) is 25.1. The van der Waals surface area contributed by atoms with Gasteiger partial charge in [0, 0.05) is 38.6 Å². The van der Waals surface area contributed by atoms with Crippen molar-refractivity contribution in [3.8, 4) is 56.2 Å². The van der Waals surface area contributed by atoms with E-state index in [1.807, 2.05) is 24.3 Å². The number of hydrogen-bond acceptors (Lipinski definition) is 5. The predicted molar refractivity (Wildman–Crippen MR) is 293 cm³/mol. The van der Waals surface area contributed by atoms with Gasteiger partial charge in [-0.2, -0.15) is 9.97 Å². The van der Waals surface area contributed by atoms with Gasteiger partial charge in [0.2, 0.25) is 5.95 Å². The zero-order valence-electron chi connectivity index (χ0n) is 39.9. The van der Waals surface area contributed by atoms with E-state index in [0.29, 0.717) is 17.6 Å². The van der Waals surface area contributed by atoms with Crippen LogP contribution in [0.5, 0.6) is 0 Å². The molecule has 72 heavy (non-hydrogen) atoms. The molecule has 4 aliphatic carbocycles. The highest BCUT2D eigenvalue weighted by Gasteiger charge is 2.53. The smallest absolute Gasteiger partial charge is 0.238 e. The van der Waals surface area contributed by atoms with Crippen molar-refractivity contribution >= 4 is 44.8 Å². The van der Waals surface area contributed by atoms with Crippen molar-refractivity contribution in [2.24, 2.45) is 0 Å². The first kappa shape index (κ1) is 40.9. The molecule has 0 saturated heterocycles. The number of allylic oxidation sites excluding steroid dienone is 4. The molecule has 15 rings (SSSR count). The number of nitrogens with zero attached hydrogens (tertiary/aromatic N) is 4. The quantitative estimate of drug-likeness (QED) is 0.166. The summed E-state index contributed by atoms with van der Waals surface area (Å²) in [5.41, 5.74) is 22.3. The number of furan rings is 1. The summed E-state index contributed by atoms with van der Waals surface area (Å²) in [6, 6.07) is 74.4. The SMILES string of the molecule is CC1(C)c2ccccc2-c2c(-c3nc(-c4cccc5oc6ccccc6c45)nc(N(c4ccc(-c5ccccc5)cc4)c4cccc5c4-c4ccccc4C54C5=C(CCC=C5)c5ccccc54)n3)cccc21. The lowest BCUT2D eigenvalue weighted by atomic mass is 9.69. The average molecular weight is 923 g/mol. The molecule has 4 aliphatic rings. The first-order valence-corrected chi connectivity index (χ1v) is 25.1. The third-order valence-electron chi connectivity index (χ3n) is 16.1. The molecule has 9 aromatic carbocycles. The number of benzene rings is 9. The number of fused-ring (bicyclic) bond motifs is 15. The summed E-state index contributed by atoms with van der Waals surface area (Å²) < 4.78 is 6.52. The molecule has 1 spiro atoms. The zero-order valence-corrected chi connectivity index (χ0v) is 39.9. The molecule has 0 fully saturated rings. The molecule has 11 aromatic rings. The van der Waals surface area contributed by atoms with Gasteiger partial charge in [0.1, 0.15) is 11.2 Å². The normalized spacial score (nSPS) is 16.4. The Balaban J connectivity index is 1.04. The Bertz CT molecular complexity index is 4140. The van der Waals surface area contributed by atoms with Gasteiger partial charge in [-0.1, -0.05) is 202 Å². The summed E-state index contributed by atoms with van der Waals surface area (Å²) in [7, 11) is 0. The minimum Gasteiger partial charge on any atom is -0.456 e. The maximum atomic E-state index is 6.52. The summed E-state index contributed by atoms with van der Waals surface area (Å²) in [5, 5.41) is 1.99. The van der Waals surface area contributed by atoms with Crippen LogP contribution in [0.1, 0.15) is 60.1 Å². The second kappa shape index (κ2) is 15.3. The Kier molecular flexibility index (Phi) is 8.68. The Morgan fingerprint density at radius 3 is 1.86 bits per heavy atom. The highest BCUT2D eigenvalue weighted by atomic mass is 16.3. The maximum absolute atomic E-state index is 6.52. The van der Waals surface area contributed by atoms with Crippen LogP contribution in [-0.2, 0) is 10.8 Å². The second-order valence-electron chi connectivity index (χ2n) is 20.1. The largest absolute Gasteiger partial charge is 0.456 e. The van der Waals surface area contributed by atoms with Gasteiger partial charge in [0.25, 0.3) is 0 Å². The van der Waals surface area contributed by atoms with E-state index in [0.717, 1.165) is 74.0 Å². The number of anilines is 3. The van der Waals surface area contributed by atoms with Gasteiger partial charge in [-0.3, -0.25) is 4.90 Å². The van der Waals surface area contributed by atoms with Crippen LogP contribution in [0.3, 0.4) is 0 Å². The minimum atomic E-state index is -0.494. The van der Waals surface area contributed by atoms with E-state index in [1.165, 1.54) is 61.2 Å². The molecule has 0 N–H and O–H groups in total. The molecule has 5 heteroatoms. The van der Waals surface area contributed by atoms with Crippen molar-refractivity contribution in [3.05, 3.63) is 257 Å². The lowest BCUT2D eigenvalue weighted by Crippen LogP contribution is -2.27. The summed E-state index contributed by atoms with van der Waals surface area (Å²) in [6.07, 6.45) is 6.83. The maximum Gasteiger partial charge on any atom is 0.238 e. The fourth-order valence-electron chi connectivity index (χ4n) is 13.0. The van der Waals surface area contributed by atoms with Crippen molar-refractivity contribution in [2.45, 2.75) is 37.5 Å².